The van der Waals surface area contributed by atoms with E-state index in [1.54, 1.807) is 36.4 Å². The average Bonchev–Trinajstić information content (AvgIpc) is 2.73. The van der Waals surface area contributed by atoms with E-state index in [2.05, 4.69) is 20.0 Å². The van der Waals surface area contributed by atoms with Crippen molar-refractivity contribution in [2.45, 2.75) is 13.3 Å². The Labute approximate surface area is 161 Å². The van der Waals surface area contributed by atoms with Gasteiger partial charge in [-0.1, -0.05) is 19.1 Å². The number of rotatable bonds is 5. The second kappa shape index (κ2) is 8.30. The van der Waals surface area contributed by atoms with Crippen LogP contribution in [-0.2, 0) is 11.2 Å². The molecule has 0 aliphatic carbocycles. The van der Waals surface area contributed by atoms with Crippen molar-refractivity contribution in [1.82, 2.24) is 9.97 Å². The molecule has 7 heteroatoms. The summed E-state index contributed by atoms with van der Waals surface area (Å²) in [6.07, 6.45) is 0.648. The minimum Gasteiger partial charge on any atom is -0.465 e. The van der Waals surface area contributed by atoms with Crippen LogP contribution in [0.5, 0.6) is 0 Å². The number of aromatic amines is 1. The molecule has 0 saturated heterocycles. The van der Waals surface area contributed by atoms with Gasteiger partial charge in [0.15, 0.2) is 0 Å². The summed E-state index contributed by atoms with van der Waals surface area (Å²) < 4.78 is 4.64. The second-order valence-electron chi connectivity index (χ2n) is 6.04. The first-order chi connectivity index (χ1) is 13.5. The molecule has 0 spiro atoms. The molecule has 3 rings (SSSR count). The summed E-state index contributed by atoms with van der Waals surface area (Å²) in [5.74, 6) is -0.337. The molecule has 2 aromatic carbocycles. The highest BCUT2D eigenvalue weighted by molar-refractivity contribution is 6.05. The maximum absolute atomic E-state index is 12.5. The number of amides is 1. The first-order valence-electron chi connectivity index (χ1n) is 8.70. The summed E-state index contributed by atoms with van der Waals surface area (Å²) >= 11 is 0. The Morgan fingerprint density at radius 3 is 2.46 bits per heavy atom. The molecule has 0 bridgehead atoms. The fourth-order valence-corrected chi connectivity index (χ4v) is 2.65. The molecule has 142 valence electrons. The summed E-state index contributed by atoms with van der Waals surface area (Å²) in [7, 11) is 1.30. The van der Waals surface area contributed by atoms with E-state index in [1.807, 2.05) is 6.92 Å². The Balaban J connectivity index is 1.81. The van der Waals surface area contributed by atoms with Crippen LogP contribution in [0.3, 0.4) is 0 Å². The number of aromatic nitrogens is 2. The lowest BCUT2D eigenvalue weighted by Gasteiger charge is -2.08. The van der Waals surface area contributed by atoms with Gasteiger partial charge in [0, 0.05) is 28.6 Å². The number of ether oxygens (including phenoxy) is 1. The van der Waals surface area contributed by atoms with E-state index in [4.69, 9.17) is 0 Å². The zero-order valence-corrected chi connectivity index (χ0v) is 15.5. The van der Waals surface area contributed by atoms with Gasteiger partial charge >= 0.3 is 5.97 Å². The van der Waals surface area contributed by atoms with Crippen LogP contribution in [0.4, 0.5) is 5.69 Å². The number of hydrogen-bond donors (Lipinski definition) is 2. The number of nitrogens with one attached hydrogen (secondary N) is 2. The average molecular weight is 377 g/mol. The fraction of sp³-hybridized carbons (Fsp3) is 0.143. The van der Waals surface area contributed by atoms with Crippen molar-refractivity contribution in [3.05, 3.63) is 81.8 Å². The van der Waals surface area contributed by atoms with Gasteiger partial charge in [0.2, 0.25) is 0 Å². The van der Waals surface area contributed by atoms with Crippen LogP contribution in [-0.4, -0.2) is 29.0 Å². The van der Waals surface area contributed by atoms with Gasteiger partial charge in [-0.25, -0.2) is 9.78 Å². The molecule has 0 atom stereocenters. The number of carbonyl (C=O) groups excluding carboxylic acids is 2. The zero-order chi connectivity index (χ0) is 20.1. The molecule has 0 aliphatic heterocycles. The molecule has 1 aromatic heterocycles. The van der Waals surface area contributed by atoms with Gasteiger partial charge in [0.25, 0.3) is 11.5 Å². The van der Waals surface area contributed by atoms with E-state index in [9.17, 15) is 14.4 Å². The number of aryl methyl sites for hydroxylation is 1. The molecular formula is C21H19N3O4. The Kier molecular flexibility index (Phi) is 5.64. The first-order valence-corrected chi connectivity index (χ1v) is 8.70. The third-order valence-electron chi connectivity index (χ3n) is 4.12. The van der Waals surface area contributed by atoms with E-state index in [-0.39, 0.29) is 11.5 Å². The van der Waals surface area contributed by atoms with Crippen molar-refractivity contribution in [2.24, 2.45) is 0 Å². The van der Waals surface area contributed by atoms with Gasteiger partial charge < -0.3 is 15.0 Å². The van der Waals surface area contributed by atoms with Crippen LogP contribution in [0.15, 0.2) is 59.4 Å². The van der Waals surface area contributed by atoms with Gasteiger partial charge in [0.05, 0.1) is 12.7 Å². The van der Waals surface area contributed by atoms with Crippen LogP contribution >= 0.6 is 0 Å². The Morgan fingerprint density at radius 2 is 1.79 bits per heavy atom. The smallest absolute Gasteiger partial charge is 0.337 e. The number of methoxy groups -OCH3 is 1. The highest BCUT2D eigenvalue weighted by Gasteiger charge is 2.10. The van der Waals surface area contributed by atoms with Crippen LogP contribution in [0.25, 0.3) is 11.4 Å². The monoisotopic (exact) mass is 377 g/mol. The Bertz CT molecular complexity index is 1070. The summed E-state index contributed by atoms with van der Waals surface area (Å²) in [4.78, 5) is 42.9. The van der Waals surface area contributed by atoms with Crippen LogP contribution in [0.2, 0.25) is 0 Å². The van der Waals surface area contributed by atoms with Crippen LogP contribution < -0.4 is 10.9 Å². The molecule has 0 unspecified atom stereocenters. The maximum Gasteiger partial charge on any atom is 0.337 e. The molecule has 7 nitrogen and oxygen atoms in total. The van der Waals surface area contributed by atoms with Gasteiger partial charge in [0.1, 0.15) is 5.82 Å². The van der Waals surface area contributed by atoms with E-state index < -0.39 is 5.97 Å². The Hall–Kier alpha value is -3.74. The number of H-pyrrole nitrogens is 1. The number of anilines is 1. The molecule has 1 amide bonds. The molecule has 1 heterocycles. The van der Waals surface area contributed by atoms with E-state index >= 15 is 0 Å². The standard InChI is InChI=1S/C21H19N3O4/c1-3-16-12-18(25)24-19(22-16)15-5-4-6-17(11-15)23-20(26)13-7-9-14(10-8-13)21(27)28-2/h4-12H,3H2,1-2H3,(H,23,26)(H,22,24,25). The summed E-state index contributed by atoms with van der Waals surface area (Å²) in [5.41, 5.74) is 2.49. The topological polar surface area (TPSA) is 101 Å². The number of benzene rings is 2. The van der Waals surface area contributed by atoms with Crippen molar-refractivity contribution >= 4 is 17.6 Å². The van der Waals surface area contributed by atoms with Gasteiger partial charge in [-0.3, -0.25) is 9.59 Å². The Morgan fingerprint density at radius 1 is 1.07 bits per heavy atom. The lowest BCUT2D eigenvalue weighted by Crippen LogP contribution is -2.13. The summed E-state index contributed by atoms with van der Waals surface area (Å²) in [6, 6.07) is 14.7. The van der Waals surface area contributed by atoms with Crippen molar-refractivity contribution in [3.8, 4) is 11.4 Å². The van der Waals surface area contributed by atoms with Crippen molar-refractivity contribution in [1.29, 1.82) is 0 Å². The molecule has 0 saturated carbocycles. The SMILES string of the molecule is CCc1cc(=O)[nH]c(-c2cccc(NC(=O)c3ccc(C(=O)OC)cc3)c2)n1. The molecule has 28 heavy (non-hydrogen) atoms. The quantitative estimate of drug-likeness (QED) is 0.666. The van der Waals surface area contributed by atoms with Crippen LogP contribution in [0.1, 0.15) is 33.3 Å². The number of nitrogens with zero attached hydrogens (tertiary/aromatic N) is 1. The maximum atomic E-state index is 12.5. The van der Waals surface area contributed by atoms with Gasteiger partial charge in [-0.05, 0) is 42.8 Å². The zero-order valence-electron chi connectivity index (χ0n) is 15.5. The molecule has 0 radical (unpaired) electrons. The van der Waals surface area contributed by atoms with E-state index in [1.165, 1.54) is 25.3 Å². The van der Waals surface area contributed by atoms with E-state index in [0.717, 1.165) is 0 Å². The largest absolute Gasteiger partial charge is 0.465 e. The summed E-state index contributed by atoms with van der Waals surface area (Å²) in [6.45, 7) is 1.92. The number of esters is 1. The van der Waals surface area contributed by atoms with Crippen molar-refractivity contribution < 1.29 is 14.3 Å². The van der Waals surface area contributed by atoms with Gasteiger partial charge in [-0.2, -0.15) is 0 Å². The van der Waals surface area contributed by atoms with Crippen LogP contribution in [0, 0.1) is 0 Å². The fourth-order valence-electron chi connectivity index (χ4n) is 2.65. The second-order valence-corrected chi connectivity index (χ2v) is 6.04. The molecular weight excluding hydrogens is 358 g/mol. The first kappa shape index (κ1) is 19.0. The molecule has 2 N–H and O–H groups in total. The highest BCUT2D eigenvalue weighted by atomic mass is 16.5. The predicted octanol–water partition coefficient (Wildman–Crippen LogP) is 3.04. The lowest BCUT2D eigenvalue weighted by molar-refractivity contribution is 0.0600. The molecule has 3 aromatic rings. The minimum absolute atomic E-state index is 0.220. The molecule has 0 aliphatic rings. The highest BCUT2D eigenvalue weighted by Crippen LogP contribution is 2.20. The normalized spacial score (nSPS) is 10.4. The van der Waals surface area contributed by atoms with Crippen molar-refractivity contribution in [3.63, 3.8) is 0 Å². The number of carbonyl (C=O) groups is 2. The molecule has 0 fully saturated rings. The summed E-state index contributed by atoms with van der Waals surface area (Å²) in [5, 5.41) is 2.80. The third-order valence-corrected chi connectivity index (χ3v) is 4.12. The van der Waals surface area contributed by atoms with E-state index in [0.29, 0.717) is 40.3 Å². The lowest BCUT2D eigenvalue weighted by atomic mass is 10.1. The minimum atomic E-state index is -0.463. The number of hydrogen-bond acceptors (Lipinski definition) is 5. The van der Waals surface area contributed by atoms with Gasteiger partial charge in [-0.15, -0.1) is 0 Å². The van der Waals surface area contributed by atoms with Crippen molar-refractivity contribution in [2.75, 3.05) is 12.4 Å². The predicted molar refractivity (Wildman–Crippen MR) is 105 cm³/mol. The third kappa shape index (κ3) is 4.32.